The van der Waals surface area contributed by atoms with Crippen LogP contribution >= 0.6 is 0 Å². The Hall–Kier alpha value is -3.72. The lowest BCUT2D eigenvalue weighted by molar-refractivity contribution is -0.130. The van der Waals surface area contributed by atoms with Crippen molar-refractivity contribution in [2.24, 2.45) is 5.73 Å². The van der Waals surface area contributed by atoms with Crippen LogP contribution in [0.2, 0.25) is 0 Å². The number of aromatic amines is 1. The summed E-state index contributed by atoms with van der Waals surface area (Å²) in [6.45, 7) is 4.69. The number of hydrogen-bond donors (Lipinski definition) is 3. The molecule has 0 bridgehead atoms. The van der Waals surface area contributed by atoms with Gasteiger partial charge in [0.05, 0.1) is 28.7 Å². The molecule has 0 spiro atoms. The molecule has 0 aliphatic carbocycles. The van der Waals surface area contributed by atoms with E-state index in [1.807, 2.05) is 18.4 Å². The number of aliphatic hydroxyl groups excluding tert-OH is 1. The number of primary amides is 1. The summed E-state index contributed by atoms with van der Waals surface area (Å²) < 4.78 is 1.82. The van der Waals surface area contributed by atoms with Crippen molar-refractivity contribution in [2.75, 3.05) is 13.1 Å². The van der Waals surface area contributed by atoms with Gasteiger partial charge in [-0.25, -0.2) is 9.97 Å². The molecule has 0 unspecified atom stereocenters. The second kappa shape index (κ2) is 8.00. The first-order chi connectivity index (χ1) is 15.8. The molecule has 9 nitrogen and oxygen atoms in total. The average molecular weight is 447 g/mol. The summed E-state index contributed by atoms with van der Waals surface area (Å²) in [5.41, 5.74) is 10.6. The Morgan fingerprint density at radius 2 is 2.06 bits per heavy atom. The number of rotatable bonds is 5. The lowest BCUT2D eigenvalue weighted by atomic mass is 10.1. The van der Waals surface area contributed by atoms with Crippen LogP contribution in [0.5, 0.6) is 0 Å². The Kier molecular flexibility index (Phi) is 5.13. The van der Waals surface area contributed by atoms with Gasteiger partial charge in [-0.2, -0.15) is 0 Å². The highest BCUT2D eigenvalue weighted by atomic mass is 16.3. The van der Waals surface area contributed by atoms with Crippen molar-refractivity contribution in [3.8, 4) is 0 Å². The highest BCUT2D eigenvalue weighted by Crippen LogP contribution is 2.28. The van der Waals surface area contributed by atoms with E-state index in [2.05, 4.69) is 27.1 Å². The van der Waals surface area contributed by atoms with Crippen molar-refractivity contribution in [3.05, 3.63) is 59.2 Å². The molecule has 9 heteroatoms. The number of aliphatic hydroxyl groups is 1. The van der Waals surface area contributed by atoms with Crippen LogP contribution in [0, 0.1) is 13.8 Å². The quantitative estimate of drug-likeness (QED) is 0.432. The molecular weight excluding hydrogens is 420 g/mol. The monoisotopic (exact) mass is 446 g/mol. The van der Waals surface area contributed by atoms with E-state index in [0.29, 0.717) is 36.0 Å². The smallest absolute Gasteiger partial charge is 0.249 e. The first-order valence-corrected chi connectivity index (χ1v) is 11.0. The normalized spacial score (nSPS) is 18.5. The van der Waals surface area contributed by atoms with Gasteiger partial charge in [-0.05, 0) is 43.2 Å². The number of nitrogens with zero attached hydrogens (tertiary/aromatic N) is 4. The van der Waals surface area contributed by atoms with E-state index >= 15 is 0 Å². The maximum atomic E-state index is 12.9. The van der Waals surface area contributed by atoms with Gasteiger partial charge in [0.15, 0.2) is 0 Å². The van der Waals surface area contributed by atoms with Crippen LogP contribution in [0.3, 0.4) is 0 Å². The molecule has 0 saturated carbocycles. The van der Waals surface area contributed by atoms with Gasteiger partial charge in [0.25, 0.3) is 0 Å². The number of nitrogens with one attached hydrogen (secondary N) is 1. The third-order valence-electron chi connectivity index (χ3n) is 6.40. The third kappa shape index (κ3) is 3.74. The molecule has 4 aromatic rings. The predicted molar refractivity (Wildman–Crippen MR) is 124 cm³/mol. The highest BCUT2D eigenvalue weighted by molar-refractivity contribution is 6.04. The molecular formula is C24H26N6O3. The second-order valence-electron chi connectivity index (χ2n) is 8.78. The van der Waals surface area contributed by atoms with Crippen LogP contribution < -0.4 is 5.73 Å². The first kappa shape index (κ1) is 21.1. The number of likely N-dealkylation sites (tertiary alicyclic amines) is 1. The fourth-order valence-electron chi connectivity index (χ4n) is 4.81. The third-order valence-corrected chi connectivity index (χ3v) is 6.40. The number of benzene rings is 1. The zero-order valence-electron chi connectivity index (χ0n) is 18.6. The summed E-state index contributed by atoms with van der Waals surface area (Å²) >= 11 is 0. The van der Waals surface area contributed by atoms with Crippen LogP contribution in [0.25, 0.3) is 22.1 Å². The number of nitrogens with two attached hydrogens (primary N) is 1. The van der Waals surface area contributed by atoms with Crippen molar-refractivity contribution >= 4 is 33.9 Å². The number of carbonyl (C=O) groups excluding carboxylic acids is 2. The number of fused-ring (bicyclic) bond motifs is 2. The Labute approximate surface area is 190 Å². The summed E-state index contributed by atoms with van der Waals surface area (Å²) in [7, 11) is 0. The SMILES string of the molecule is Cc1cc(C)c2nc(CCC(=O)N3C[C@@H](O)[C@H](n4ccc5c(C(N)=O)ccnc54)C3)[nH]c2c1. The molecule has 3 aromatic heterocycles. The Morgan fingerprint density at radius 1 is 1.24 bits per heavy atom. The Bertz CT molecular complexity index is 1390. The maximum absolute atomic E-state index is 12.9. The second-order valence-corrected chi connectivity index (χ2v) is 8.78. The zero-order valence-corrected chi connectivity index (χ0v) is 18.6. The van der Waals surface area contributed by atoms with Gasteiger partial charge in [-0.15, -0.1) is 0 Å². The molecule has 170 valence electrons. The van der Waals surface area contributed by atoms with Gasteiger partial charge in [-0.1, -0.05) is 6.07 Å². The summed E-state index contributed by atoms with van der Waals surface area (Å²) in [4.78, 5) is 38.6. The molecule has 4 N–H and O–H groups in total. The molecule has 0 radical (unpaired) electrons. The molecule has 4 heterocycles. The number of hydrogen-bond acceptors (Lipinski definition) is 5. The topological polar surface area (TPSA) is 130 Å². The Balaban J connectivity index is 1.30. The minimum atomic E-state index is -0.736. The number of aryl methyl sites for hydroxylation is 3. The van der Waals surface area contributed by atoms with E-state index < -0.39 is 12.0 Å². The molecule has 33 heavy (non-hydrogen) atoms. The lowest BCUT2D eigenvalue weighted by Crippen LogP contribution is -2.29. The van der Waals surface area contributed by atoms with E-state index in [4.69, 9.17) is 5.73 Å². The number of aromatic nitrogens is 4. The van der Waals surface area contributed by atoms with Gasteiger partial charge in [0, 0.05) is 43.7 Å². The van der Waals surface area contributed by atoms with Crippen LogP contribution in [0.15, 0.2) is 36.7 Å². The summed E-state index contributed by atoms with van der Waals surface area (Å²) in [5, 5.41) is 11.3. The fourth-order valence-corrected chi connectivity index (χ4v) is 4.81. The van der Waals surface area contributed by atoms with Crippen molar-refractivity contribution in [1.29, 1.82) is 0 Å². The molecule has 1 saturated heterocycles. The summed E-state index contributed by atoms with van der Waals surface area (Å²) in [6.07, 6.45) is 3.37. The minimum Gasteiger partial charge on any atom is -0.389 e. The van der Waals surface area contributed by atoms with Gasteiger partial charge in [0.1, 0.15) is 11.5 Å². The largest absolute Gasteiger partial charge is 0.389 e. The molecule has 1 fully saturated rings. The highest BCUT2D eigenvalue weighted by Gasteiger charge is 2.35. The first-order valence-electron chi connectivity index (χ1n) is 11.0. The Morgan fingerprint density at radius 3 is 2.85 bits per heavy atom. The molecule has 1 aliphatic heterocycles. The van der Waals surface area contributed by atoms with E-state index in [9.17, 15) is 14.7 Å². The van der Waals surface area contributed by atoms with E-state index in [1.54, 1.807) is 23.2 Å². The van der Waals surface area contributed by atoms with Gasteiger partial charge in [0.2, 0.25) is 11.8 Å². The number of amides is 2. The van der Waals surface area contributed by atoms with Crippen molar-refractivity contribution in [2.45, 2.75) is 38.8 Å². The molecule has 1 aliphatic rings. The van der Waals surface area contributed by atoms with Crippen molar-refractivity contribution in [1.82, 2.24) is 24.4 Å². The number of pyridine rings is 1. The summed E-state index contributed by atoms with van der Waals surface area (Å²) in [5.74, 6) is 0.218. The molecule has 1 aromatic carbocycles. The maximum Gasteiger partial charge on any atom is 0.249 e. The standard InChI is InChI=1S/C24H26N6O3/c1-13-9-14(2)22-17(10-13)27-20(28-22)3-4-21(32)29-11-18(19(31)12-29)30-8-6-16-15(23(25)33)5-7-26-24(16)30/h5-10,18-19,31H,3-4,11-12H2,1-2H3,(H2,25,33)(H,27,28)/t18-,19-/m1/s1. The average Bonchev–Trinajstić information content (AvgIpc) is 3.47. The van der Waals surface area contributed by atoms with E-state index in [-0.39, 0.29) is 18.5 Å². The number of imidazole rings is 1. The van der Waals surface area contributed by atoms with Crippen LogP contribution in [-0.2, 0) is 11.2 Å². The lowest BCUT2D eigenvalue weighted by Gasteiger charge is -2.17. The predicted octanol–water partition coefficient (Wildman–Crippen LogP) is 2.01. The van der Waals surface area contributed by atoms with E-state index in [0.717, 1.165) is 22.4 Å². The number of β-amino-alcohol motifs (C(OH)–C–C–N with tert-alkyl or cyclic N) is 1. The van der Waals surface area contributed by atoms with Gasteiger partial charge in [-0.3, -0.25) is 9.59 Å². The molecule has 2 amide bonds. The molecule has 5 rings (SSSR count). The fraction of sp³-hybridized carbons (Fsp3) is 0.333. The van der Waals surface area contributed by atoms with E-state index in [1.165, 1.54) is 11.8 Å². The van der Waals surface area contributed by atoms with Gasteiger partial charge >= 0.3 is 0 Å². The van der Waals surface area contributed by atoms with Crippen LogP contribution in [0.4, 0.5) is 0 Å². The zero-order chi connectivity index (χ0) is 23.3. The number of carbonyl (C=O) groups is 2. The molecule has 2 atom stereocenters. The van der Waals surface area contributed by atoms with Crippen molar-refractivity contribution < 1.29 is 14.7 Å². The number of H-pyrrole nitrogens is 1. The van der Waals surface area contributed by atoms with Crippen molar-refractivity contribution in [3.63, 3.8) is 0 Å². The minimum absolute atomic E-state index is 0.0350. The summed E-state index contributed by atoms with van der Waals surface area (Å²) in [6, 6.07) is 7.15. The van der Waals surface area contributed by atoms with Crippen LogP contribution in [0.1, 0.15) is 39.8 Å². The van der Waals surface area contributed by atoms with Crippen LogP contribution in [-0.4, -0.2) is 60.5 Å². The van der Waals surface area contributed by atoms with Gasteiger partial charge < -0.3 is 25.3 Å².